The standard InChI is InChI=1S/C12H11ClN2O5/c1-18-9-5-10(16)15(14-11(9)13)6-7-3-4-8(20-7)12(17)19-2/h3-5H,6H2,1-2H3. The Hall–Kier alpha value is -2.28. The van der Waals surface area contributed by atoms with Crippen molar-refractivity contribution in [1.82, 2.24) is 9.78 Å². The zero-order valence-electron chi connectivity index (χ0n) is 10.8. The number of esters is 1. The van der Waals surface area contributed by atoms with Crippen molar-refractivity contribution >= 4 is 17.6 Å². The summed E-state index contributed by atoms with van der Waals surface area (Å²) in [5.41, 5.74) is -0.401. The van der Waals surface area contributed by atoms with Gasteiger partial charge in [-0.2, -0.15) is 5.10 Å². The first-order chi connectivity index (χ1) is 9.55. The van der Waals surface area contributed by atoms with Crippen molar-refractivity contribution in [3.8, 4) is 5.75 Å². The van der Waals surface area contributed by atoms with E-state index in [1.54, 1.807) is 6.07 Å². The largest absolute Gasteiger partial charge is 0.493 e. The average molecular weight is 299 g/mol. The van der Waals surface area contributed by atoms with Crippen LogP contribution >= 0.6 is 11.6 Å². The summed E-state index contributed by atoms with van der Waals surface area (Å²) in [5, 5.41) is 3.94. The number of furan rings is 1. The summed E-state index contributed by atoms with van der Waals surface area (Å²) in [4.78, 5) is 23.0. The summed E-state index contributed by atoms with van der Waals surface area (Å²) >= 11 is 5.85. The maximum atomic E-state index is 11.8. The van der Waals surface area contributed by atoms with E-state index in [1.165, 1.54) is 26.4 Å². The van der Waals surface area contributed by atoms with Crippen molar-refractivity contribution in [3.63, 3.8) is 0 Å². The highest BCUT2D eigenvalue weighted by Crippen LogP contribution is 2.18. The van der Waals surface area contributed by atoms with Gasteiger partial charge in [-0.15, -0.1) is 0 Å². The van der Waals surface area contributed by atoms with Gasteiger partial charge in [0.05, 0.1) is 20.3 Å². The van der Waals surface area contributed by atoms with Crippen LogP contribution in [-0.4, -0.2) is 30.0 Å². The fourth-order valence-electron chi connectivity index (χ4n) is 1.53. The van der Waals surface area contributed by atoms with Crippen LogP contribution in [-0.2, 0) is 11.3 Å². The summed E-state index contributed by atoms with van der Waals surface area (Å²) in [5.74, 6) is 0.0309. The molecule has 0 spiro atoms. The number of hydrogen-bond acceptors (Lipinski definition) is 6. The number of halogens is 1. The van der Waals surface area contributed by atoms with Gasteiger partial charge in [-0.25, -0.2) is 9.48 Å². The van der Waals surface area contributed by atoms with Gasteiger partial charge in [0.1, 0.15) is 12.3 Å². The Bertz CT molecular complexity index is 691. The normalized spacial score (nSPS) is 10.3. The van der Waals surface area contributed by atoms with E-state index in [0.717, 1.165) is 4.68 Å². The van der Waals surface area contributed by atoms with E-state index in [1.807, 2.05) is 0 Å². The molecule has 0 radical (unpaired) electrons. The van der Waals surface area contributed by atoms with Crippen LogP contribution in [0.4, 0.5) is 0 Å². The quantitative estimate of drug-likeness (QED) is 0.792. The van der Waals surface area contributed by atoms with Gasteiger partial charge in [0.25, 0.3) is 5.56 Å². The molecule has 0 atom stereocenters. The number of ether oxygens (including phenoxy) is 2. The average Bonchev–Trinajstić information content (AvgIpc) is 2.90. The summed E-state index contributed by atoms with van der Waals surface area (Å²) in [6.07, 6.45) is 0. The smallest absolute Gasteiger partial charge is 0.373 e. The molecule has 7 nitrogen and oxygen atoms in total. The molecule has 0 aliphatic rings. The summed E-state index contributed by atoms with van der Waals surface area (Å²) in [6.45, 7) is 0.0412. The van der Waals surface area contributed by atoms with Crippen LogP contribution in [0.1, 0.15) is 16.3 Å². The van der Waals surface area contributed by atoms with Crippen molar-refractivity contribution in [2.75, 3.05) is 14.2 Å². The van der Waals surface area contributed by atoms with Crippen LogP contribution in [0.25, 0.3) is 0 Å². The number of methoxy groups -OCH3 is 2. The van der Waals surface area contributed by atoms with Crippen molar-refractivity contribution in [3.05, 3.63) is 45.2 Å². The van der Waals surface area contributed by atoms with Gasteiger partial charge in [-0.3, -0.25) is 4.79 Å². The summed E-state index contributed by atoms with van der Waals surface area (Å²) in [6, 6.07) is 4.23. The highest BCUT2D eigenvalue weighted by atomic mass is 35.5. The first-order valence-electron chi connectivity index (χ1n) is 5.54. The van der Waals surface area contributed by atoms with E-state index < -0.39 is 11.5 Å². The molecule has 0 aliphatic carbocycles. The van der Waals surface area contributed by atoms with Crippen LogP contribution in [0.15, 0.2) is 27.4 Å². The monoisotopic (exact) mass is 298 g/mol. The highest BCUT2D eigenvalue weighted by Gasteiger charge is 2.13. The lowest BCUT2D eigenvalue weighted by Crippen LogP contribution is -2.22. The second kappa shape index (κ2) is 5.79. The predicted octanol–water partition coefficient (Wildman–Crippen LogP) is 1.33. The maximum Gasteiger partial charge on any atom is 0.373 e. The van der Waals surface area contributed by atoms with Gasteiger partial charge < -0.3 is 13.9 Å². The van der Waals surface area contributed by atoms with Crippen molar-refractivity contribution < 1.29 is 18.7 Å². The van der Waals surface area contributed by atoms with Gasteiger partial charge in [-0.05, 0) is 12.1 Å². The Balaban J connectivity index is 2.26. The Morgan fingerprint density at radius 1 is 1.45 bits per heavy atom. The first-order valence-corrected chi connectivity index (χ1v) is 5.91. The first kappa shape index (κ1) is 14.1. The molecule has 0 amide bonds. The molecule has 0 unspecified atom stereocenters. The molecule has 0 N–H and O–H groups in total. The van der Waals surface area contributed by atoms with Gasteiger partial charge in [0, 0.05) is 0 Å². The van der Waals surface area contributed by atoms with Gasteiger partial charge in [-0.1, -0.05) is 11.6 Å². The zero-order valence-corrected chi connectivity index (χ0v) is 11.5. The van der Waals surface area contributed by atoms with E-state index in [0.29, 0.717) is 5.76 Å². The van der Waals surface area contributed by atoms with Crippen LogP contribution in [0.3, 0.4) is 0 Å². The number of carbonyl (C=O) groups excluding carboxylic acids is 1. The fourth-order valence-corrected chi connectivity index (χ4v) is 1.75. The molecule has 0 fully saturated rings. The number of rotatable bonds is 4. The molecule has 0 saturated carbocycles. The maximum absolute atomic E-state index is 11.8. The molecule has 0 aliphatic heterocycles. The van der Waals surface area contributed by atoms with Crippen molar-refractivity contribution in [2.45, 2.75) is 6.54 Å². The molecule has 2 heterocycles. The Kier molecular flexibility index (Phi) is 4.09. The molecular formula is C12H11ClN2O5. The van der Waals surface area contributed by atoms with E-state index in [-0.39, 0.29) is 23.2 Å². The lowest BCUT2D eigenvalue weighted by atomic mass is 10.4. The van der Waals surface area contributed by atoms with E-state index >= 15 is 0 Å². The lowest BCUT2D eigenvalue weighted by molar-refractivity contribution is 0.0562. The number of nitrogens with zero attached hydrogens (tertiary/aromatic N) is 2. The predicted molar refractivity (Wildman–Crippen MR) is 69.2 cm³/mol. The van der Waals surface area contributed by atoms with Crippen LogP contribution in [0, 0.1) is 0 Å². The minimum absolute atomic E-state index is 0.0412. The molecule has 0 bridgehead atoms. The minimum atomic E-state index is -0.593. The number of carbonyl (C=O) groups is 1. The van der Waals surface area contributed by atoms with Gasteiger partial charge >= 0.3 is 5.97 Å². The van der Waals surface area contributed by atoms with Crippen LogP contribution in [0.2, 0.25) is 5.15 Å². The summed E-state index contributed by atoms with van der Waals surface area (Å²) in [7, 11) is 2.64. The zero-order chi connectivity index (χ0) is 14.7. The van der Waals surface area contributed by atoms with Crippen molar-refractivity contribution in [1.29, 1.82) is 0 Å². The van der Waals surface area contributed by atoms with E-state index in [9.17, 15) is 9.59 Å². The molecular weight excluding hydrogens is 288 g/mol. The van der Waals surface area contributed by atoms with Crippen LogP contribution < -0.4 is 10.3 Å². The molecule has 2 aromatic rings. The SMILES string of the molecule is COC(=O)c1ccc(Cn2nc(Cl)c(OC)cc2=O)o1. The number of aromatic nitrogens is 2. The third-order valence-electron chi connectivity index (χ3n) is 2.49. The second-order valence-electron chi connectivity index (χ2n) is 3.76. The minimum Gasteiger partial charge on any atom is -0.493 e. The lowest BCUT2D eigenvalue weighted by Gasteiger charge is -2.05. The Morgan fingerprint density at radius 3 is 2.85 bits per heavy atom. The fraction of sp³-hybridized carbons (Fsp3) is 0.250. The molecule has 2 aromatic heterocycles. The van der Waals surface area contributed by atoms with Gasteiger partial charge in [0.15, 0.2) is 10.9 Å². The number of hydrogen-bond donors (Lipinski definition) is 0. The van der Waals surface area contributed by atoms with Gasteiger partial charge in [0.2, 0.25) is 5.76 Å². The molecule has 106 valence electrons. The summed E-state index contributed by atoms with van der Waals surface area (Å²) < 4.78 is 15.8. The highest BCUT2D eigenvalue weighted by molar-refractivity contribution is 6.30. The Labute approximate surface area is 118 Å². The van der Waals surface area contributed by atoms with E-state index in [4.69, 9.17) is 20.8 Å². The molecule has 20 heavy (non-hydrogen) atoms. The molecule has 0 aromatic carbocycles. The topological polar surface area (TPSA) is 83.6 Å². The van der Waals surface area contributed by atoms with Crippen molar-refractivity contribution in [2.24, 2.45) is 0 Å². The second-order valence-corrected chi connectivity index (χ2v) is 4.11. The molecule has 2 rings (SSSR count). The molecule has 0 saturated heterocycles. The Morgan fingerprint density at radius 2 is 2.20 bits per heavy atom. The van der Waals surface area contributed by atoms with Crippen LogP contribution in [0.5, 0.6) is 5.75 Å². The van der Waals surface area contributed by atoms with E-state index in [2.05, 4.69) is 9.84 Å². The molecule has 8 heteroatoms. The third kappa shape index (κ3) is 2.83. The third-order valence-corrected chi connectivity index (χ3v) is 2.76.